The van der Waals surface area contributed by atoms with Crippen LogP contribution in [0.5, 0.6) is 5.75 Å². The third kappa shape index (κ3) is 3.00. The highest BCUT2D eigenvalue weighted by atomic mass is 16.6. The van der Waals surface area contributed by atoms with Crippen LogP contribution in [0.2, 0.25) is 0 Å². The average Bonchev–Trinajstić information content (AvgIpc) is 2.62. The Morgan fingerprint density at radius 1 is 1.21 bits per heavy atom. The van der Waals surface area contributed by atoms with Gasteiger partial charge in [-0.15, -0.1) is 0 Å². The summed E-state index contributed by atoms with van der Waals surface area (Å²) in [7, 11) is 1.52. The molecule has 2 aliphatic rings. The van der Waals surface area contributed by atoms with Crippen molar-refractivity contribution in [2.24, 2.45) is 0 Å². The third-order valence-corrected chi connectivity index (χ3v) is 5.80. The minimum atomic E-state index is -0.347. The molecule has 0 amide bonds. The predicted octanol–water partition coefficient (Wildman–Crippen LogP) is 3.16. The number of rotatable bonds is 4. The number of piperidine rings is 2. The zero-order valence-corrected chi connectivity index (χ0v) is 14.7. The molecule has 1 N–H and O–H groups in total. The van der Waals surface area contributed by atoms with Gasteiger partial charge in [-0.1, -0.05) is 0 Å². The molecule has 0 aromatic heterocycles. The number of methoxy groups -OCH3 is 1. The summed E-state index contributed by atoms with van der Waals surface area (Å²) in [5.74, 6) is 0.387. The van der Waals surface area contributed by atoms with E-state index in [-0.39, 0.29) is 10.6 Å². The Balaban J connectivity index is 2.08. The van der Waals surface area contributed by atoms with Gasteiger partial charge in [0, 0.05) is 43.6 Å². The zero-order chi connectivity index (χ0) is 17.2. The Bertz CT molecular complexity index is 606. The highest BCUT2D eigenvalue weighted by Gasteiger charge is 2.42. The lowest BCUT2D eigenvalue weighted by Crippen LogP contribution is -2.62. The van der Waals surface area contributed by atoms with Crippen molar-refractivity contribution < 1.29 is 9.66 Å². The van der Waals surface area contributed by atoms with E-state index in [2.05, 4.69) is 5.32 Å². The Morgan fingerprint density at radius 2 is 1.88 bits per heavy atom. The van der Waals surface area contributed by atoms with Gasteiger partial charge in [0.2, 0.25) is 5.75 Å². The van der Waals surface area contributed by atoms with Gasteiger partial charge in [-0.3, -0.25) is 14.6 Å². The minimum Gasteiger partial charge on any atom is -0.490 e. The van der Waals surface area contributed by atoms with E-state index in [1.165, 1.54) is 44.9 Å². The molecule has 0 aliphatic carbocycles. The van der Waals surface area contributed by atoms with Crippen LogP contribution < -0.4 is 14.5 Å². The van der Waals surface area contributed by atoms with Crippen LogP contribution in [0.15, 0.2) is 12.1 Å². The largest absolute Gasteiger partial charge is 0.490 e. The van der Waals surface area contributed by atoms with E-state index in [1.54, 1.807) is 6.07 Å². The molecule has 1 aromatic rings. The number of nitro benzene ring substituents is 1. The van der Waals surface area contributed by atoms with Crippen molar-refractivity contribution in [1.29, 1.82) is 0 Å². The lowest BCUT2D eigenvalue weighted by Gasteiger charge is -2.49. The second-order valence-corrected chi connectivity index (χ2v) is 7.09. The van der Waals surface area contributed by atoms with Crippen molar-refractivity contribution in [3.8, 4) is 5.75 Å². The van der Waals surface area contributed by atoms with Gasteiger partial charge >= 0.3 is 5.69 Å². The van der Waals surface area contributed by atoms with Crippen LogP contribution in [0.3, 0.4) is 0 Å². The Morgan fingerprint density at radius 3 is 2.46 bits per heavy atom. The summed E-state index contributed by atoms with van der Waals surface area (Å²) in [6.45, 7) is 6.40. The van der Waals surface area contributed by atoms with E-state index in [9.17, 15) is 10.1 Å². The first-order chi connectivity index (χ1) is 11.6. The van der Waals surface area contributed by atoms with E-state index in [0.29, 0.717) is 11.8 Å². The smallest absolute Gasteiger partial charge is 0.311 e. The summed E-state index contributed by atoms with van der Waals surface area (Å²) < 4.78 is 6.34. The standard InChI is InChI=1S/C18H28N3O3/c1-14-12-16(20(22)23)18(24-2)13-17(14)21(10-4-3-5-11-21)15-6-8-19-9-7-15/h12-13,15,19H,3-11H2,1-2H3/q+1. The highest BCUT2D eigenvalue weighted by molar-refractivity contribution is 5.63. The molecule has 0 saturated carbocycles. The number of ether oxygens (including phenoxy) is 1. The number of hydrogen-bond acceptors (Lipinski definition) is 4. The molecule has 0 bridgehead atoms. The SMILES string of the molecule is COc1cc([N+]2(C3CCNCC3)CCCCC2)c(C)cc1[N+](=O)[O-]. The molecule has 6 heteroatoms. The van der Waals surface area contributed by atoms with Crippen LogP contribution >= 0.6 is 0 Å². The van der Waals surface area contributed by atoms with Crippen molar-refractivity contribution in [1.82, 2.24) is 9.80 Å². The maximum atomic E-state index is 11.3. The first-order valence-corrected chi connectivity index (χ1v) is 8.99. The molecule has 2 aliphatic heterocycles. The van der Waals surface area contributed by atoms with E-state index in [1.807, 2.05) is 13.0 Å². The Kier molecular flexibility index (Phi) is 5.06. The maximum Gasteiger partial charge on any atom is 0.311 e. The number of nitro groups is 1. The molecule has 0 atom stereocenters. The van der Waals surface area contributed by atoms with Crippen LogP contribution in [0, 0.1) is 17.0 Å². The Labute approximate surface area is 143 Å². The fourth-order valence-corrected chi connectivity index (χ4v) is 4.63. The van der Waals surface area contributed by atoms with Crippen molar-refractivity contribution in [3.63, 3.8) is 0 Å². The molecule has 3 rings (SSSR count). The van der Waals surface area contributed by atoms with Crippen molar-refractivity contribution in [2.45, 2.75) is 45.1 Å². The molecule has 0 radical (unpaired) electrons. The van der Waals surface area contributed by atoms with Crippen molar-refractivity contribution >= 4 is 11.4 Å². The Hall–Kier alpha value is -1.66. The van der Waals surface area contributed by atoms with Gasteiger partial charge in [0.15, 0.2) is 0 Å². The second-order valence-electron chi connectivity index (χ2n) is 7.09. The normalized spacial score (nSPS) is 21.4. The molecule has 2 fully saturated rings. The molecule has 1 aromatic carbocycles. The summed E-state index contributed by atoms with van der Waals surface area (Å²) >= 11 is 0. The highest BCUT2D eigenvalue weighted by Crippen LogP contribution is 2.42. The molecule has 6 nitrogen and oxygen atoms in total. The maximum absolute atomic E-state index is 11.3. The van der Waals surface area contributed by atoms with E-state index < -0.39 is 0 Å². The molecule has 0 unspecified atom stereocenters. The number of hydrogen-bond donors (Lipinski definition) is 1. The van der Waals surface area contributed by atoms with Crippen molar-refractivity contribution in [2.75, 3.05) is 33.3 Å². The molecule has 2 heterocycles. The minimum absolute atomic E-state index is 0.0687. The van der Waals surface area contributed by atoms with E-state index >= 15 is 0 Å². The average molecular weight is 334 g/mol. The van der Waals surface area contributed by atoms with Crippen LogP contribution in [0.4, 0.5) is 11.4 Å². The van der Waals surface area contributed by atoms with Crippen LogP contribution in [0.25, 0.3) is 0 Å². The van der Waals surface area contributed by atoms with E-state index in [0.717, 1.165) is 36.2 Å². The number of aryl methyl sites for hydroxylation is 1. The summed E-state index contributed by atoms with van der Waals surface area (Å²) in [5, 5.41) is 14.8. The number of quaternary nitrogens is 1. The zero-order valence-electron chi connectivity index (χ0n) is 14.7. The van der Waals surface area contributed by atoms with Crippen molar-refractivity contribution in [3.05, 3.63) is 27.8 Å². The van der Waals surface area contributed by atoms with Crippen LogP contribution in [-0.2, 0) is 0 Å². The fraction of sp³-hybridized carbons (Fsp3) is 0.667. The molecule has 24 heavy (non-hydrogen) atoms. The number of likely N-dealkylation sites (tertiary alicyclic amines) is 1. The number of nitrogens with one attached hydrogen (secondary N) is 1. The van der Waals surface area contributed by atoms with Gasteiger partial charge in [-0.2, -0.15) is 0 Å². The molecular weight excluding hydrogens is 306 g/mol. The lowest BCUT2D eigenvalue weighted by atomic mass is 9.93. The molecular formula is C18H28N3O3+. The summed E-state index contributed by atoms with van der Waals surface area (Å²) in [6, 6.07) is 4.24. The fourth-order valence-electron chi connectivity index (χ4n) is 4.63. The number of benzene rings is 1. The second kappa shape index (κ2) is 7.07. The van der Waals surface area contributed by atoms with Gasteiger partial charge in [-0.05, 0) is 26.2 Å². The number of nitrogens with zero attached hydrogens (tertiary/aromatic N) is 2. The first kappa shape index (κ1) is 17.2. The monoisotopic (exact) mass is 334 g/mol. The molecule has 0 spiro atoms. The van der Waals surface area contributed by atoms with Gasteiger partial charge in [-0.25, -0.2) is 0 Å². The van der Waals surface area contributed by atoms with E-state index in [4.69, 9.17) is 4.74 Å². The molecule has 132 valence electrons. The topological polar surface area (TPSA) is 64.4 Å². The quantitative estimate of drug-likeness (QED) is 0.522. The third-order valence-electron chi connectivity index (χ3n) is 5.80. The summed E-state index contributed by atoms with van der Waals surface area (Å²) in [6.07, 6.45) is 6.07. The molecule has 2 saturated heterocycles. The van der Waals surface area contributed by atoms with Crippen LogP contribution in [0.1, 0.15) is 37.7 Å². The summed E-state index contributed by atoms with van der Waals surface area (Å²) in [4.78, 5) is 11.0. The predicted molar refractivity (Wildman–Crippen MR) is 95.7 cm³/mol. The van der Waals surface area contributed by atoms with Gasteiger partial charge in [0.1, 0.15) is 5.69 Å². The van der Waals surface area contributed by atoms with Gasteiger partial charge in [0.25, 0.3) is 0 Å². The van der Waals surface area contributed by atoms with Crippen LogP contribution in [-0.4, -0.2) is 44.3 Å². The first-order valence-electron chi connectivity index (χ1n) is 8.99. The summed E-state index contributed by atoms with van der Waals surface area (Å²) in [5.41, 5.74) is 2.31. The lowest BCUT2D eigenvalue weighted by molar-refractivity contribution is -0.385. The van der Waals surface area contributed by atoms with Gasteiger partial charge in [0.05, 0.1) is 31.2 Å². The van der Waals surface area contributed by atoms with Gasteiger partial charge < -0.3 is 10.1 Å².